The molecular weight excluding hydrogens is 234 g/mol. The van der Waals surface area contributed by atoms with Gasteiger partial charge >= 0.3 is 0 Å². The number of ketones is 1. The van der Waals surface area contributed by atoms with E-state index in [0.29, 0.717) is 23.5 Å². The summed E-state index contributed by atoms with van der Waals surface area (Å²) in [6, 6.07) is 3.05. The first-order valence-electron chi connectivity index (χ1n) is 5.47. The van der Waals surface area contributed by atoms with Gasteiger partial charge in [0.25, 0.3) is 6.26 Å². The molecule has 1 aliphatic heterocycles. The average Bonchev–Trinajstić information content (AvgIpc) is 2.27. The summed E-state index contributed by atoms with van der Waals surface area (Å²) in [5, 5.41) is 8.56. The van der Waals surface area contributed by atoms with Crippen LogP contribution in [-0.2, 0) is 0 Å². The molecule has 0 aliphatic carbocycles. The molecule has 1 aromatic carbocycles. The molecule has 1 aliphatic rings. The summed E-state index contributed by atoms with van der Waals surface area (Å²) >= 11 is 0. The Balaban J connectivity index is 2.53. The zero-order valence-electron chi connectivity index (χ0n) is 10.4. The van der Waals surface area contributed by atoms with Gasteiger partial charge in [0.15, 0.2) is 17.3 Å². The zero-order valence-corrected chi connectivity index (χ0v) is 10.4. The molecule has 0 amide bonds. The van der Waals surface area contributed by atoms with Gasteiger partial charge in [-0.1, -0.05) is 0 Å². The van der Waals surface area contributed by atoms with Crippen LogP contribution in [0, 0.1) is 11.5 Å². The number of methoxy groups -OCH3 is 1. The number of ether oxygens (including phenoxy) is 3. The number of fused-ring (bicyclic) bond motifs is 1. The van der Waals surface area contributed by atoms with Gasteiger partial charge in [-0.25, -0.2) is 0 Å². The Morgan fingerprint density at radius 2 is 2.11 bits per heavy atom. The van der Waals surface area contributed by atoms with E-state index < -0.39 is 5.60 Å². The second-order valence-electron chi connectivity index (χ2n) is 4.65. The Morgan fingerprint density at radius 1 is 1.39 bits per heavy atom. The van der Waals surface area contributed by atoms with Crippen LogP contribution < -0.4 is 14.2 Å². The minimum Gasteiger partial charge on any atom is -0.493 e. The van der Waals surface area contributed by atoms with Crippen molar-refractivity contribution in [1.82, 2.24) is 0 Å². The lowest BCUT2D eigenvalue weighted by Crippen LogP contribution is -2.35. The second kappa shape index (κ2) is 4.22. The summed E-state index contributed by atoms with van der Waals surface area (Å²) in [6.07, 6.45) is 1.88. The van der Waals surface area contributed by atoms with Gasteiger partial charge in [-0.05, 0) is 19.9 Å². The van der Waals surface area contributed by atoms with Crippen LogP contribution in [0.3, 0.4) is 0 Å². The standard InChI is InChI=1S/C13H13NO4/c1-13(2)6-9(15)8-4-11(16-3)12(17-7-14)5-10(8)18-13/h4-5H,6H2,1-3H3. The molecule has 5 nitrogen and oxygen atoms in total. The summed E-state index contributed by atoms with van der Waals surface area (Å²) in [6.45, 7) is 3.67. The summed E-state index contributed by atoms with van der Waals surface area (Å²) < 4.78 is 15.6. The second-order valence-corrected chi connectivity index (χ2v) is 4.65. The lowest BCUT2D eigenvalue weighted by molar-refractivity contribution is 0.0618. The fourth-order valence-electron chi connectivity index (χ4n) is 1.95. The maximum atomic E-state index is 12.0. The SMILES string of the molecule is COc1cc2c(cc1OC#N)OC(C)(C)CC2=O. The van der Waals surface area contributed by atoms with Crippen LogP contribution >= 0.6 is 0 Å². The fraction of sp³-hybridized carbons (Fsp3) is 0.385. The maximum Gasteiger partial charge on any atom is 0.292 e. The Labute approximate surface area is 105 Å². The molecule has 0 aromatic heterocycles. The fourth-order valence-corrected chi connectivity index (χ4v) is 1.95. The third-order valence-corrected chi connectivity index (χ3v) is 2.69. The predicted octanol–water partition coefficient (Wildman–Crippen LogP) is 2.30. The predicted molar refractivity (Wildman–Crippen MR) is 62.9 cm³/mol. The maximum absolute atomic E-state index is 12.0. The van der Waals surface area contributed by atoms with Gasteiger partial charge in [0, 0.05) is 6.07 Å². The lowest BCUT2D eigenvalue weighted by Gasteiger charge is -2.31. The van der Waals surface area contributed by atoms with Gasteiger partial charge < -0.3 is 14.2 Å². The highest BCUT2D eigenvalue weighted by Gasteiger charge is 2.33. The molecule has 0 atom stereocenters. The molecule has 0 unspecified atom stereocenters. The van der Waals surface area contributed by atoms with Crippen LogP contribution in [0.5, 0.6) is 17.2 Å². The van der Waals surface area contributed by atoms with Crippen LogP contribution in [-0.4, -0.2) is 18.5 Å². The van der Waals surface area contributed by atoms with E-state index in [1.807, 2.05) is 13.8 Å². The van der Waals surface area contributed by atoms with Crippen LogP contribution in [0.1, 0.15) is 30.6 Å². The average molecular weight is 247 g/mol. The Morgan fingerprint density at radius 3 is 2.72 bits per heavy atom. The molecule has 18 heavy (non-hydrogen) atoms. The van der Waals surface area contributed by atoms with Crippen molar-refractivity contribution < 1.29 is 19.0 Å². The Hall–Kier alpha value is -2.22. The van der Waals surface area contributed by atoms with E-state index in [9.17, 15) is 4.79 Å². The zero-order chi connectivity index (χ0) is 13.3. The third kappa shape index (κ3) is 2.09. The Kier molecular flexibility index (Phi) is 2.87. The van der Waals surface area contributed by atoms with E-state index in [0.717, 1.165) is 0 Å². The summed E-state index contributed by atoms with van der Waals surface area (Å²) in [7, 11) is 1.45. The van der Waals surface area contributed by atoms with Gasteiger partial charge in [0.05, 0.1) is 19.1 Å². The molecule has 0 bridgehead atoms. The van der Waals surface area contributed by atoms with Gasteiger partial charge in [-0.2, -0.15) is 0 Å². The van der Waals surface area contributed by atoms with E-state index >= 15 is 0 Å². The van der Waals surface area contributed by atoms with Crippen LogP contribution in [0.15, 0.2) is 12.1 Å². The van der Waals surface area contributed by atoms with Gasteiger partial charge in [0.2, 0.25) is 0 Å². The van der Waals surface area contributed by atoms with Crippen LogP contribution in [0.4, 0.5) is 0 Å². The number of nitriles is 1. The van der Waals surface area contributed by atoms with Crippen LogP contribution in [0.2, 0.25) is 0 Å². The van der Waals surface area contributed by atoms with Gasteiger partial charge in [0.1, 0.15) is 11.4 Å². The van der Waals surface area contributed by atoms with Crippen molar-refractivity contribution in [2.45, 2.75) is 25.9 Å². The molecule has 0 N–H and O–H groups in total. The van der Waals surface area contributed by atoms with Gasteiger partial charge in [-0.3, -0.25) is 4.79 Å². The monoisotopic (exact) mass is 247 g/mol. The highest BCUT2D eigenvalue weighted by atomic mass is 16.5. The minimum absolute atomic E-state index is 0.0111. The smallest absolute Gasteiger partial charge is 0.292 e. The van der Waals surface area contributed by atoms with Crippen molar-refractivity contribution in [3.63, 3.8) is 0 Å². The lowest BCUT2D eigenvalue weighted by atomic mass is 9.93. The first kappa shape index (κ1) is 12.2. The van der Waals surface area contributed by atoms with E-state index in [4.69, 9.17) is 19.5 Å². The molecule has 0 radical (unpaired) electrons. The largest absolute Gasteiger partial charge is 0.493 e. The molecule has 94 valence electrons. The number of carbonyl (C=O) groups excluding carboxylic acids is 1. The van der Waals surface area contributed by atoms with Crippen molar-refractivity contribution in [2.75, 3.05) is 7.11 Å². The molecule has 2 rings (SSSR count). The molecule has 1 aromatic rings. The van der Waals surface area contributed by atoms with Crippen molar-refractivity contribution in [3.05, 3.63) is 17.7 Å². The van der Waals surface area contributed by atoms with Crippen molar-refractivity contribution >= 4 is 5.78 Å². The summed E-state index contributed by atoms with van der Waals surface area (Å²) in [4.78, 5) is 12.0. The number of Topliss-reactive ketones (excluding diaryl/α,β-unsaturated/α-hetero) is 1. The van der Waals surface area contributed by atoms with E-state index in [1.165, 1.54) is 13.2 Å². The van der Waals surface area contributed by atoms with Crippen molar-refractivity contribution in [1.29, 1.82) is 5.26 Å². The number of rotatable bonds is 2. The number of hydrogen-bond donors (Lipinski definition) is 0. The number of carbonyl (C=O) groups is 1. The number of hydrogen-bond acceptors (Lipinski definition) is 5. The molecular formula is C13H13NO4. The highest BCUT2D eigenvalue weighted by Crippen LogP contribution is 2.40. The number of nitrogens with zero attached hydrogens (tertiary/aromatic N) is 1. The molecule has 0 saturated heterocycles. The first-order valence-corrected chi connectivity index (χ1v) is 5.47. The van der Waals surface area contributed by atoms with Crippen molar-refractivity contribution in [3.8, 4) is 23.5 Å². The Bertz CT molecular complexity index is 543. The topological polar surface area (TPSA) is 68.6 Å². The van der Waals surface area contributed by atoms with E-state index in [2.05, 4.69) is 0 Å². The molecule has 0 fully saturated rings. The number of benzene rings is 1. The summed E-state index contributed by atoms with van der Waals surface area (Å²) in [5.74, 6) is 0.988. The normalized spacial score (nSPS) is 16.2. The molecule has 5 heteroatoms. The highest BCUT2D eigenvalue weighted by molar-refractivity contribution is 6.01. The molecule has 0 spiro atoms. The molecule has 1 heterocycles. The first-order chi connectivity index (χ1) is 8.46. The van der Waals surface area contributed by atoms with Gasteiger partial charge in [-0.15, -0.1) is 5.26 Å². The minimum atomic E-state index is -0.553. The van der Waals surface area contributed by atoms with Crippen LogP contribution in [0.25, 0.3) is 0 Å². The van der Waals surface area contributed by atoms with E-state index in [1.54, 1.807) is 12.3 Å². The van der Waals surface area contributed by atoms with Crippen molar-refractivity contribution in [2.24, 2.45) is 0 Å². The molecule has 0 saturated carbocycles. The summed E-state index contributed by atoms with van der Waals surface area (Å²) in [5.41, 5.74) is -0.0979. The third-order valence-electron chi connectivity index (χ3n) is 2.69. The quantitative estimate of drug-likeness (QED) is 0.750. The van der Waals surface area contributed by atoms with E-state index in [-0.39, 0.29) is 11.5 Å².